The van der Waals surface area contributed by atoms with Crippen LogP contribution in [0.15, 0.2) is 53.3 Å². The summed E-state index contributed by atoms with van der Waals surface area (Å²) in [7, 11) is 0. The van der Waals surface area contributed by atoms with Gasteiger partial charge in [-0.25, -0.2) is 9.18 Å². The first-order valence-corrected chi connectivity index (χ1v) is 6.22. The normalized spacial score (nSPS) is 10.7. The second-order valence-corrected chi connectivity index (χ2v) is 4.50. The van der Waals surface area contributed by atoms with E-state index in [0.29, 0.717) is 11.3 Å². The van der Waals surface area contributed by atoms with Crippen molar-refractivity contribution in [1.29, 1.82) is 0 Å². The molecule has 0 aliphatic carbocycles. The van der Waals surface area contributed by atoms with Gasteiger partial charge in [0.25, 0.3) is 0 Å². The Labute approximate surface area is 119 Å². The quantitative estimate of drug-likeness (QED) is 0.800. The minimum absolute atomic E-state index is 0.0429. The number of benzene rings is 1. The van der Waals surface area contributed by atoms with E-state index in [2.05, 4.69) is 5.10 Å². The Morgan fingerprint density at radius 3 is 2.86 bits per heavy atom. The summed E-state index contributed by atoms with van der Waals surface area (Å²) in [5.41, 5.74) is 0.991. The van der Waals surface area contributed by atoms with Gasteiger partial charge in [-0.3, -0.25) is 4.68 Å². The molecule has 0 spiro atoms. The fourth-order valence-corrected chi connectivity index (χ4v) is 2.08. The molecule has 0 unspecified atom stereocenters. The van der Waals surface area contributed by atoms with Gasteiger partial charge < -0.3 is 9.52 Å². The van der Waals surface area contributed by atoms with Crippen LogP contribution in [0.1, 0.15) is 15.9 Å². The van der Waals surface area contributed by atoms with Gasteiger partial charge in [0.15, 0.2) is 5.76 Å². The highest BCUT2D eigenvalue weighted by Crippen LogP contribution is 2.23. The third-order valence-corrected chi connectivity index (χ3v) is 2.98. The third kappa shape index (κ3) is 2.69. The van der Waals surface area contributed by atoms with Crippen molar-refractivity contribution in [3.05, 3.63) is 65.8 Å². The molecule has 6 heteroatoms. The van der Waals surface area contributed by atoms with Crippen LogP contribution in [-0.4, -0.2) is 20.9 Å². The van der Waals surface area contributed by atoms with Crippen molar-refractivity contribution in [3.63, 3.8) is 0 Å². The first-order valence-electron chi connectivity index (χ1n) is 6.22. The molecule has 0 aliphatic rings. The highest BCUT2D eigenvalue weighted by Gasteiger charge is 2.19. The number of furan rings is 1. The number of nitrogens with zero attached hydrogens (tertiary/aromatic N) is 2. The van der Waals surface area contributed by atoms with Gasteiger partial charge >= 0.3 is 5.97 Å². The van der Waals surface area contributed by atoms with Gasteiger partial charge in [-0.1, -0.05) is 12.1 Å². The first-order chi connectivity index (χ1) is 10.1. The standard InChI is InChI=1S/C15H11FN2O3/c16-11-4-1-3-10(7-11)8-18-9-12(15(19)20)14(17-18)13-5-2-6-21-13/h1-7,9H,8H2,(H,19,20). The fraction of sp³-hybridized carbons (Fsp3) is 0.0667. The van der Waals surface area contributed by atoms with Crippen molar-refractivity contribution in [2.24, 2.45) is 0 Å². The highest BCUT2D eigenvalue weighted by atomic mass is 19.1. The van der Waals surface area contributed by atoms with E-state index in [1.807, 2.05) is 0 Å². The lowest BCUT2D eigenvalue weighted by Crippen LogP contribution is -2.00. The highest BCUT2D eigenvalue weighted by molar-refractivity contribution is 5.93. The van der Waals surface area contributed by atoms with Gasteiger partial charge in [-0.05, 0) is 29.8 Å². The second-order valence-electron chi connectivity index (χ2n) is 4.50. The summed E-state index contributed by atoms with van der Waals surface area (Å²) < 4.78 is 19.8. The van der Waals surface area contributed by atoms with E-state index in [0.717, 1.165) is 0 Å². The lowest BCUT2D eigenvalue weighted by atomic mass is 10.2. The molecule has 2 aromatic heterocycles. The van der Waals surface area contributed by atoms with Gasteiger partial charge in [-0.2, -0.15) is 5.10 Å². The van der Waals surface area contributed by atoms with Crippen LogP contribution in [0.2, 0.25) is 0 Å². The predicted octanol–water partition coefficient (Wildman–Crippen LogP) is 3.03. The summed E-state index contributed by atoms with van der Waals surface area (Å²) >= 11 is 0. The molecule has 1 N–H and O–H groups in total. The molecule has 21 heavy (non-hydrogen) atoms. The monoisotopic (exact) mass is 286 g/mol. The molecule has 5 nitrogen and oxygen atoms in total. The molecule has 0 bridgehead atoms. The molecule has 0 saturated carbocycles. The topological polar surface area (TPSA) is 68.3 Å². The van der Waals surface area contributed by atoms with Crippen molar-refractivity contribution in [1.82, 2.24) is 9.78 Å². The third-order valence-electron chi connectivity index (χ3n) is 2.98. The van der Waals surface area contributed by atoms with Crippen molar-refractivity contribution < 1.29 is 18.7 Å². The number of rotatable bonds is 4. The van der Waals surface area contributed by atoms with Crippen molar-refractivity contribution in [2.75, 3.05) is 0 Å². The zero-order valence-corrected chi connectivity index (χ0v) is 10.9. The molecule has 3 aromatic rings. The van der Waals surface area contributed by atoms with Crippen LogP contribution in [0.4, 0.5) is 4.39 Å². The summed E-state index contributed by atoms with van der Waals surface area (Å²) in [6.45, 7) is 0.277. The van der Waals surface area contributed by atoms with Crippen molar-refractivity contribution >= 4 is 5.97 Å². The Hall–Kier alpha value is -2.89. The van der Waals surface area contributed by atoms with E-state index >= 15 is 0 Å². The number of aromatic carboxylic acids is 1. The maximum atomic E-state index is 13.2. The summed E-state index contributed by atoms with van der Waals surface area (Å²) in [6, 6.07) is 9.38. The number of aromatic nitrogens is 2. The molecule has 0 fully saturated rings. The maximum absolute atomic E-state index is 13.2. The van der Waals surface area contributed by atoms with Gasteiger partial charge in [0, 0.05) is 6.20 Å². The van der Waals surface area contributed by atoms with Crippen LogP contribution in [-0.2, 0) is 6.54 Å². The molecule has 0 aliphatic heterocycles. The van der Waals surface area contributed by atoms with E-state index in [-0.39, 0.29) is 23.6 Å². The summed E-state index contributed by atoms with van der Waals surface area (Å²) in [5, 5.41) is 13.5. The van der Waals surface area contributed by atoms with Crippen LogP contribution < -0.4 is 0 Å². The Kier molecular flexibility index (Phi) is 3.27. The number of carboxylic acid groups (broad SMARTS) is 1. The SMILES string of the molecule is O=C(O)c1cn(Cc2cccc(F)c2)nc1-c1ccco1. The van der Waals surface area contributed by atoms with Crippen LogP contribution in [0.5, 0.6) is 0 Å². The Morgan fingerprint density at radius 2 is 2.19 bits per heavy atom. The number of hydrogen-bond donors (Lipinski definition) is 1. The number of halogens is 1. The van der Waals surface area contributed by atoms with Crippen molar-refractivity contribution in [2.45, 2.75) is 6.54 Å². The van der Waals surface area contributed by atoms with Crippen molar-refractivity contribution in [3.8, 4) is 11.5 Å². The van der Waals surface area contributed by atoms with E-state index in [1.165, 1.54) is 29.3 Å². The van der Waals surface area contributed by atoms with E-state index in [4.69, 9.17) is 4.42 Å². The predicted molar refractivity (Wildman–Crippen MR) is 72.4 cm³/mol. The molecule has 106 valence electrons. The average Bonchev–Trinajstić information content (AvgIpc) is 3.06. The minimum Gasteiger partial charge on any atom is -0.478 e. The van der Waals surface area contributed by atoms with Gasteiger partial charge in [0.2, 0.25) is 0 Å². The summed E-state index contributed by atoms with van der Waals surface area (Å²) in [4.78, 5) is 11.3. The molecule has 0 amide bonds. The largest absolute Gasteiger partial charge is 0.478 e. The Morgan fingerprint density at radius 1 is 1.33 bits per heavy atom. The molecule has 0 radical (unpaired) electrons. The zero-order chi connectivity index (χ0) is 14.8. The van der Waals surface area contributed by atoms with E-state index in [9.17, 15) is 14.3 Å². The summed E-state index contributed by atoms with van der Waals surface area (Å²) in [5.74, 6) is -1.05. The van der Waals surface area contributed by atoms with Crippen LogP contribution >= 0.6 is 0 Å². The molecule has 0 saturated heterocycles. The lowest BCUT2D eigenvalue weighted by molar-refractivity contribution is 0.0697. The first kappa shape index (κ1) is 13.1. The average molecular weight is 286 g/mol. The molecule has 0 atom stereocenters. The number of carboxylic acids is 1. The van der Waals surface area contributed by atoms with Crippen LogP contribution in [0.25, 0.3) is 11.5 Å². The van der Waals surface area contributed by atoms with Gasteiger partial charge in [0.05, 0.1) is 12.8 Å². The maximum Gasteiger partial charge on any atom is 0.339 e. The van der Waals surface area contributed by atoms with E-state index < -0.39 is 5.97 Å². The second kappa shape index (κ2) is 5.24. The molecule has 3 rings (SSSR count). The van der Waals surface area contributed by atoms with Gasteiger partial charge in [0.1, 0.15) is 17.1 Å². The number of hydrogen-bond acceptors (Lipinski definition) is 3. The van der Waals surface area contributed by atoms with E-state index in [1.54, 1.807) is 24.3 Å². The molecule has 1 aromatic carbocycles. The lowest BCUT2D eigenvalue weighted by Gasteiger charge is -2.01. The molecular weight excluding hydrogens is 275 g/mol. The molecule has 2 heterocycles. The smallest absolute Gasteiger partial charge is 0.339 e. The Balaban J connectivity index is 1.97. The van der Waals surface area contributed by atoms with Crippen LogP contribution in [0.3, 0.4) is 0 Å². The number of carbonyl (C=O) groups is 1. The fourth-order valence-electron chi connectivity index (χ4n) is 2.08. The minimum atomic E-state index is -1.09. The van der Waals surface area contributed by atoms with Crippen LogP contribution in [0, 0.1) is 5.82 Å². The zero-order valence-electron chi connectivity index (χ0n) is 10.9. The Bertz CT molecular complexity index is 778. The van der Waals surface area contributed by atoms with Gasteiger partial charge in [-0.15, -0.1) is 0 Å². The molecular formula is C15H11FN2O3. The summed E-state index contributed by atoms with van der Waals surface area (Å²) in [6.07, 6.45) is 2.86.